The Morgan fingerprint density at radius 2 is 1.90 bits per heavy atom. The van der Waals surface area contributed by atoms with Crippen LogP contribution in [-0.4, -0.2) is 31.0 Å². The first-order valence-electron chi connectivity index (χ1n) is 9.82. The maximum absolute atomic E-state index is 13.4. The van der Waals surface area contributed by atoms with E-state index in [1.807, 2.05) is 12.1 Å². The van der Waals surface area contributed by atoms with Gasteiger partial charge in [0.25, 0.3) is 5.91 Å². The Labute approximate surface area is 178 Å². The van der Waals surface area contributed by atoms with Gasteiger partial charge < -0.3 is 15.4 Å². The predicted octanol–water partition coefficient (Wildman–Crippen LogP) is 3.67. The number of para-hydroxylation sites is 2. The molecule has 166 valence electrons. The van der Waals surface area contributed by atoms with Crippen LogP contribution in [0, 0.1) is 0 Å². The van der Waals surface area contributed by atoms with E-state index >= 15 is 0 Å². The molecule has 3 rings (SSSR count). The molecule has 0 spiro atoms. The highest BCUT2D eigenvalue weighted by molar-refractivity contribution is 5.96. The largest absolute Gasteiger partial charge is 0.495 e. The molecule has 0 aromatic heterocycles. The molecule has 0 bridgehead atoms. The number of hydrazine groups is 1. The van der Waals surface area contributed by atoms with Crippen LogP contribution in [0.4, 0.5) is 18.9 Å². The van der Waals surface area contributed by atoms with Crippen molar-refractivity contribution in [2.24, 2.45) is 11.6 Å². The van der Waals surface area contributed by atoms with Crippen molar-refractivity contribution in [2.75, 3.05) is 25.2 Å². The lowest BCUT2D eigenvalue weighted by atomic mass is 9.96. The van der Waals surface area contributed by atoms with Crippen LogP contribution in [0.15, 0.2) is 53.9 Å². The fourth-order valence-corrected chi connectivity index (χ4v) is 3.80. The molecule has 0 radical (unpaired) electrons. The van der Waals surface area contributed by atoms with E-state index in [0.717, 1.165) is 6.07 Å². The van der Waals surface area contributed by atoms with E-state index < -0.39 is 17.6 Å². The molecule has 9 heteroatoms. The number of amides is 1. The van der Waals surface area contributed by atoms with E-state index in [1.54, 1.807) is 19.1 Å². The number of halogens is 3. The summed E-state index contributed by atoms with van der Waals surface area (Å²) in [4.78, 5) is 14.5. The number of anilines is 1. The Morgan fingerprint density at radius 3 is 2.52 bits per heavy atom. The summed E-state index contributed by atoms with van der Waals surface area (Å²) in [6.45, 7) is 1.94. The standard InChI is InChI=1S/C22H25F3N4O2/c1-3-14-15(7-6-8-16(14)22(23,24)25)21(30)28-12-11-18(17(26)13-28)29(27)19-9-4-5-10-20(19)31-2/h4-10H,3,11-13,26-27H2,1-2H3. The van der Waals surface area contributed by atoms with Crippen molar-refractivity contribution in [1.29, 1.82) is 0 Å². The van der Waals surface area contributed by atoms with E-state index in [0.29, 0.717) is 29.3 Å². The van der Waals surface area contributed by atoms with Crippen LogP contribution in [0.5, 0.6) is 5.75 Å². The molecule has 1 aliphatic heterocycles. The van der Waals surface area contributed by atoms with Gasteiger partial charge in [-0.25, -0.2) is 5.84 Å². The van der Waals surface area contributed by atoms with Crippen molar-refractivity contribution in [3.8, 4) is 5.75 Å². The zero-order valence-electron chi connectivity index (χ0n) is 17.4. The normalized spacial score (nSPS) is 14.6. The summed E-state index contributed by atoms with van der Waals surface area (Å²) in [5.74, 6) is 6.36. The van der Waals surface area contributed by atoms with Gasteiger partial charge in [-0.2, -0.15) is 13.2 Å². The highest BCUT2D eigenvalue weighted by Crippen LogP contribution is 2.35. The van der Waals surface area contributed by atoms with E-state index in [2.05, 4.69) is 0 Å². The van der Waals surface area contributed by atoms with Gasteiger partial charge >= 0.3 is 6.18 Å². The Morgan fingerprint density at radius 1 is 1.19 bits per heavy atom. The molecule has 1 aliphatic rings. The van der Waals surface area contributed by atoms with Gasteiger partial charge in [-0.15, -0.1) is 0 Å². The van der Waals surface area contributed by atoms with Crippen LogP contribution in [0.1, 0.15) is 34.8 Å². The highest BCUT2D eigenvalue weighted by Gasteiger charge is 2.35. The van der Waals surface area contributed by atoms with Crippen LogP contribution in [0.2, 0.25) is 0 Å². The van der Waals surface area contributed by atoms with Crippen LogP contribution in [0.3, 0.4) is 0 Å². The fourth-order valence-electron chi connectivity index (χ4n) is 3.80. The number of rotatable bonds is 5. The quantitative estimate of drug-likeness (QED) is 0.554. The van der Waals surface area contributed by atoms with E-state index in [4.69, 9.17) is 16.3 Å². The molecule has 0 atom stereocenters. The highest BCUT2D eigenvalue weighted by atomic mass is 19.4. The Kier molecular flexibility index (Phi) is 6.45. The molecule has 2 aromatic carbocycles. The molecule has 0 unspecified atom stereocenters. The zero-order chi connectivity index (χ0) is 22.8. The van der Waals surface area contributed by atoms with Crippen LogP contribution in [-0.2, 0) is 12.6 Å². The molecule has 4 N–H and O–H groups in total. The molecule has 0 fully saturated rings. The number of alkyl halides is 3. The minimum absolute atomic E-state index is 0.0113. The van der Waals surface area contributed by atoms with Crippen molar-refractivity contribution < 1.29 is 22.7 Å². The summed E-state index contributed by atoms with van der Waals surface area (Å²) in [6.07, 6.45) is -4.08. The van der Waals surface area contributed by atoms with Crippen molar-refractivity contribution >= 4 is 11.6 Å². The smallest absolute Gasteiger partial charge is 0.416 e. The lowest BCUT2D eigenvalue weighted by molar-refractivity contribution is -0.138. The summed E-state index contributed by atoms with van der Waals surface area (Å²) < 4.78 is 45.4. The maximum Gasteiger partial charge on any atom is 0.416 e. The number of methoxy groups -OCH3 is 1. The van der Waals surface area contributed by atoms with Gasteiger partial charge in [0, 0.05) is 24.2 Å². The first-order valence-corrected chi connectivity index (χ1v) is 9.82. The second-order valence-corrected chi connectivity index (χ2v) is 7.17. The number of hydrogen-bond acceptors (Lipinski definition) is 5. The van der Waals surface area contributed by atoms with Crippen LogP contribution >= 0.6 is 0 Å². The summed E-state index contributed by atoms with van der Waals surface area (Å²) in [7, 11) is 1.53. The summed E-state index contributed by atoms with van der Waals surface area (Å²) in [6, 6.07) is 10.9. The Hall–Kier alpha value is -3.20. The number of carbonyl (C=O) groups is 1. The van der Waals surface area contributed by atoms with Crippen molar-refractivity contribution in [1.82, 2.24) is 4.90 Å². The minimum atomic E-state index is -4.52. The van der Waals surface area contributed by atoms with E-state index in [9.17, 15) is 18.0 Å². The van der Waals surface area contributed by atoms with Crippen molar-refractivity contribution in [2.45, 2.75) is 25.9 Å². The third kappa shape index (κ3) is 4.46. The minimum Gasteiger partial charge on any atom is -0.495 e. The topological polar surface area (TPSA) is 84.8 Å². The summed E-state index contributed by atoms with van der Waals surface area (Å²) in [5, 5.41) is 1.43. The first kappa shape index (κ1) is 22.5. The van der Waals surface area contributed by atoms with Gasteiger partial charge in [-0.1, -0.05) is 25.1 Å². The number of carbonyl (C=O) groups excluding carboxylic acids is 1. The van der Waals surface area contributed by atoms with Gasteiger partial charge in [-0.05, 0) is 36.2 Å². The molecule has 0 saturated heterocycles. The average Bonchev–Trinajstić information content (AvgIpc) is 2.76. The monoisotopic (exact) mass is 434 g/mol. The SMILES string of the molecule is CCc1c(C(=O)N2CCC(N(N)c3ccccc3OC)=C(N)C2)cccc1C(F)(F)F. The molecule has 6 nitrogen and oxygen atoms in total. The summed E-state index contributed by atoms with van der Waals surface area (Å²) in [5.41, 5.74) is 7.10. The van der Waals surface area contributed by atoms with Gasteiger partial charge in [0.2, 0.25) is 0 Å². The Bertz CT molecular complexity index is 1000. The van der Waals surface area contributed by atoms with Gasteiger partial charge in [-0.3, -0.25) is 9.80 Å². The molecule has 0 aliphatic carbocycles. The third-order valence-electron chi connectivity index (χ3n) is 5.34. The third-order valence-corrected chi connectivity index (χ3v) is 5.34. The van der Waals surface area contributed by atoms with Gasteiger partial charge in [0.1, 0.15) is 5.75 Å². The average molecular weight is 434 g/mol. The number of benzene rings is 2. The molecular formula is C22H25F3N4O2. The molecule has 1 heterocycles. The number of hydrogen-bond donors (Lipinski definition) is 2. The second-order valence-electron chi connectivity index (χ2n) is 7.17. The van der Waals surface area contributed by atoms with Gasteiger partial charge in [0.15, 0.2) is 0 Å². The molecule has 0 saturated carbocycles. The fraction of sp³-hybridized carbons (Fsp3) is 0.318. The number of ether oxygens (including phenoxy) is 1. The predicted molar refractivity (Wildman–Crippen MR) is 112 cm³/mol. The van der Waals surface area contributed by atoms with Crippen LogP contribution < -0.4 is 21.3 Å². The van der Waals surface area contributed by atoms with Crippen molar-refractivity contribution in [3.63, 3.8) is 0 Å². The first-order chi connectivity index (χ1) is 14.7. The lowest BCUT2D eigenvalue weighted by Gasteiger charge is -2.34. The van der Waals surface area contributed by atoms with E-state index in [1.165, 1.54) is 29.2 Å². The van der Waals surface area contributed by atoms with E-state index in [-0.39, 0.29) is 30.6 Å². The maximum atomic E-state index is 13.4. The second kappa shape index (κ2) is 8.89. The Balaban J connectivity index is 1.87. The summed E-state index contributed by atoms with van der Waals surface area (Å²) >= 11 is 0. The van der Waals surface area contributed by atoms with Gasteiger partial charge in [0.05, 0.1) is 30.6 Å². The molecule has 31 heavy (non-hydrogen) atoms. The molecule has 2 aromatic rings. The molecule has 1 amide bonds. The zero-order valence-corrected chi connectivity index (χ0v) is 17.4. The lowest BCUT2D eigenvalue weighted by Crippen LogP contribution is -2.44. The molecular weight excluding hydrogens is 409 g/mol. The number of nitrogens with two attached hydrogens (primary N) is 2. The number of nitrogens with zero attached hydrogens (tertiary/aromatic N) is 2. The van der Waals surface area contributed by atoms with Crippen molar-refractivity contribution in [3.05, 3.63) is 70.5 Å². The van der Waals surface area contributed by atoms with Crippen LogP contribution in [0.25, 0.3) is 0 Å².